The summed E-state index contributed by atoms with van der Waals surface area (Å²) in [5.41, 5.74) is -2.28. The van der Waals surface area contributed by atoms with E-state index >= 15 is 0 Å². The molecule has 0 bridgehead atoms. The van der Waals surface area contributed by atoms with Crippen LogP contribution in [0.5, 0.6) is 0 Å². The van der Waals surface area contributed by atoms with E-state index in [9.17, 15) is 18.9 Å². The van der Waals surface area contributed by atoms with Gasteiger partial charge in [-0.3, -0.25) is 23.2 Å². The number of esters is 3. The highest BCUT2D eigenvalue weighted by Gasteiger charge is 2.52. The lowest BCUT2D eigenvalue weighted by atomic mass is 9.95. The van der Waals surface area contributed by atoms with Crippen LogP contribution in [0.25, 0.3) is 0 Å². The molecule has 0 aliphatic rings. The number of phosphoric acid groups is 1. The van der Waals surface area contributed by atoms with Crippen molar-refractivity contribution in [3.63, 3.8) is 0 Å². The van der Waals surface area contributed by atoms with Gasteiger partial charge in [-0.25, -0.2) is 9.36 Å². The Labute approximate surface area is 153 Å². The van der Waals surface area contributed by atoms with Crippen molar-refractivity contribution in [1.29, 1.82) is 0 Å². The molecule has 0 radical (unpaired) electrons. The second kappa shape index (κ2) is 12.0. The maximum absolute atomic E-state index is 12.6. The Morgan fingerprint density at radius 3 is 1.62 bits per heavy atom. The van der Waals surface area contributed by atoms with Crippen molar-refractivity contribution in [2.24, 2.45) is 0 Å². The minimum Gasteiger partial charge on any atom is -0.466 e. The van der Waals surface area contributed by atoms with E-state index in [0.717, 1.165) is 7.11 Å². The summed E-state index contributed by atoms with van der Waals surface area (Å²) in [6.45, 7) is 6.11. The highest BCUT2D eigenvalue weighted by molar-refractivity contribution is 7.48. The predicted octanol–water partition coefficient (Wildman–Crippen LogP) is 2.00. The molecular weight excluding hydrogens is 371 g/mol. The van der Waals surface area contributed by atoms with Crippen LogP contribution in [0.15, 0.2) is 0 Å². The molecule has 0 amide bonds. The first-order valence-corrected chi connectivity index (χ1v) is 9.68. The molecule has 0 saturated heterocycles. The van der Waals surface area contributed by atoms with Crippen LogP contribution < -0.4 is 0 Å². The van der Waals surface area contributed by atoms with Gasteiger partial charge in [0.1, 0.15) is 0 Å². The van der Waals surface area contributed by atoms with Gasteiger partial charge in [0.05, 0.1) is 39.3 Å². The number of hydrogen-bond donors (Lipinski definition) is 0. The molecule has 0 spiro atoms. The lowest BCUT2D eigenvalue weighted by Crippen LogP contribution is -2.47. The van der Waals surface area contributed by atoms with Gasteiger partial charge in [0.25, 0.3) is 0 Å². The smallest absolute Gasteiger partial charge is 0.466 e. The third-order valence-electron chi connectivity index (χ3n) is 2.92. The van der Waals surface area contributed by atoms with E-state index in [2.05, 4.69) is 0 Å². The Balaban J connectivity index is 5.97. The predicted molar refractivity (Wildman–Crippen MR) is 89.2 cm³/mol. The fourth-order valence-corrected chi connectivity index (χ4v) is 3.13. The van der Waals surface area contributed by atoms with Gasteiger partial charge in [0.2, 0.25) is 0 Å². The first-order chi connectivity index (χ1) is 12.2. The van der Waals surface area contributed by atoms with Gasteiger partial charge in [-0.15, -0.1) is 0 Å². The molecule has 0 saturated carbocycles. The van der Waals surface area contributed by atoms with Crippen molar-refractivity contribution in [2.75, 3.05) is 33.5 Å². The van der Waals surface area contributed by atoms with Gasteiger partial charge in [0.15, 0.2) is 5.60 Å². The van der Waals surface area contributed by atoms with Crippen LogP contribution in [0.4, 0.5) is 0 Å². The van der Waals surface area contributed by atoms with Crippen molar-refractivity contribution in [3.05, 3.63) is 0 Å². The molecule has 0 aromatic carbocycles. The van der Waals surface area contributed by atoms with Crippen LogP contribution in [-0.2, 0) is 46.7 Å². The maximum atomic E-state index is 12.6. The van der Waals surface area contributed by atoms with Crippen molar-refractivity contribution in [1.82, 2.24) is 0 Å². The molecule has 0 aliphatic carbocycles. The highest BCUT2D eigenvalue weighted by Crippen LogP contribution is 2.53. The summed E-state index contributed by atoms with van der Waals surface area (Å²) in [6.07, 6.45) is -1.47. The Kier molecular flexibility index (Phi) is 11.3. The summed E-state index contributed by atoms with van der Waals surface area (Å²) in [4.78, 5) is 36.6. The van der Waals surface area contributed by atoms with E-state index in [1.807, 2.05) is 0 Å². The molecule has 10 nitrogen and oxygen atoms in total. The molecule has 0 aliphatic heterocycles. The number of carbonyl (C=O) groups is 3. The van der Waals surface area contributed by atoms with Crippen LogP contribution in [0.1, 0.15) is 40.5 Å². The second-order valence-electron chi connectivity index (χ2n) is 4.82. The van der Waals surface area contributed by atoms with Gasteiger partial charge in [-0.05, 0) is 27.7 Å². The van der Waals surface area contributed by atoms with Crippen LogP contribution in [-0.4, -0.2) is 57.0 Å². The lowest BCUT2D eigenvalue weighted by molar-refractivity contribution is -0.176. The topological polar surface area (TPSA) is 124 Å². The molecule has 26 heavy (non-hydrogen) atoms. The minimum atomic E-state index is -4.27. The standard InChI is InChI=1S/C15H27O10P/c1-6-21-12(16)10-15(14(18)23-8-3,11-13(17)22-7-2)25-26(19,20-5)24-9-4/h6-11H2,1-5H3. The average molecular weight is 398 g/mol. The Bertz CT molecular complexity index is 499. The average Bonchev–Trinajstić information content (AvgIpc) is 2.55. The normalized spacial score (nSPS) is 13.6. The molecule has 11 heteroatoms. The zero-order valence-electron chi connectivity index (χ0n) is 15.8. The molecule has 0 aromatic heterocycles. The molecule has 0 rings (SSSR count). The number of ether oxygens (including phenoxy) is 3. The van der Waals surface area contributed by atoms with Crippen LogP contribution >= 0.6 is 7.82 Å². The van der Waals surface area contributed by atoms with Crippen LogP contribution in [0.2, 0.25) is 0 Å². The third kappa shape index (κ3) is 7.82. The quantitative estimate of drug-likeness (QED) is 0.258. The summed E-state index contributed by atoms with van der Waals surface area (Å²) >= 11 is 0. The summed E-state index contributed by atoms with van der Waals surface area (Å²) in [6, 6.07) is 0. The highest BCUT2D eigenvalue weighted by atomic mass is 31.2. The minimum absolute atomic E-state index is 0.0323. The molecule has 152 valence electrons. The van der Waals surface area contributed by atoms with Gasteiger partial charge in [0, 0.05) is 7.11 Å². The number of carbonyl (C=O) groups excluding carboxylic acids is 3. The van der Waals surface area contributed by atoms with Crippen molar-refractivity contribution >= 4 is 25.7 Å². The SMILES string of the molecule is CCOC(=O)CC(CC(=O)OCC)(OP(=O)(OC)OCC)C(=O)OCC. The summed E-state index contributed by atoms with van der Waals surface area (Å²) < 4.78 is 42.2. The van der Waals surface area contributed by atoms with Crippen molar-refractivity contribution in [2.45, 2.75) is 46.1 Å². The largest absolute Gasteiger partial charge is 0.475 e. The van der Waals surface area contributed by atoms with E-state index in [1.165, 1.54) is 13.8 Å². The zero-order chi connectivity index (χ0) is 20.2. The van der Waals surface area contributed by atoms with Gasteiger partial charge in [-0.2, -0.15) is 0 Å². The van der Waals surface area contributed by atoms with Gasteiger partial charge in [-0.1, -0.05) is 0 Å². The fraction of sp³-hybridized carbons (Fsp3) is 0.800. The van der Waals surface area contributed by atoms with E-state index in [1.54, 1.807) is 13.8 Å². The summed E-state index contributed by atoms with van der Waals surface area (Å²) in [5, 5.41) is 0. The van der Waals surface area contributed by atoms with Gasteiger partial charge < -0.3 is 14.2 Å². The van der Waals surface area contributed by atoms with Crippen LogP contribution in [0.3, 0.4) is 0 Å². The first kappa shape index (κ1) is 24.5. The molecule has 1 atom stereocenters. The van der Waals surface area contributed by atoms with Gasteiger partial charge >= 0.3 is 25.7 Å². The number of hydrogen-bond acceptors (Lipinski definition) is 10. The monoisotopic (exact) mass is 398 g/mol. The molecule has 0 N–H and O–H groups in total. The van der Waals surface area contributed by atoms with E-state index in [4.69, 9.17) is 27.8 Å². The number of rotatable bonds is 13. The third-order valence-corrected chi connectivity index (χ3v) is 4.51. The van der Waals surface area contributed by atoms with E-state index in [-0.39, 0.29) is 26.4 Å². The summed E-state index contributed by atoms with van der Waals surface area (Å²) in [7, 11) is -3.22. The number of phosphoric ester groups is 1. The molecule has 0 heterocycles. The molecular formula is C15H27O10P. The first-order valence-electron chi connectivity index (χ1n) is 8.21. The lowest BCUT2D eigenvalue weighted by Gasteiger charge is -2.31. The molecule has 0 fully saturated rings. The maximum Gasteiger partial charge on any atom is 0.475 e. The Hall–Kier alpha value is -1.48. The van der Waals surface area contributed by atoms with E-state index < -0.39 is 44.2 Å². The Morgan fingerprint density at radius 1 is 0.808 bits per heavy atom. The zero-order valence-corrected chi connectivity index (χ0v) is 16.7. The Morgan fingerprint density at radius 2 is 1.27 bits per heavy atom. The molecule has 1 unspecified atom stereocenters. The second-order valence-corrected chi connectivity index (χ2v) is 6.52. The fourth-order valence-electron chi connectivity index (χ4n) is 1.95. The van der Waals surface area contributed by atoms with E-state index in [0.29, 0.717) is 0 Å². The summed E-state index contributed by atoms with van der Waals surface area (Å²) in [5.74, 6) is -2.80. The molecule has 0 aromatic rings. The van der Waals surface area contributed by atoms with Crippen molar-refractivity contribution < 1.29 is 46.7 Å². The van der Waals surface area contributed by atoms with Crippen molar-refractivity contribution in [3.8, 4) is 0 Å². The van der Waals surface area contributed by atoms with Crippen LogP contribution in [0, 0.1) is 0 Å².